The first-order valence-corrected chi connectivity index (χ1v) is 7.12. The number of hydrogen-bond donors (Lipinski definition) is 1. The zero-order valence-corrected chi connectivity index (χ0v) is 12.2. The second-order valence-electron chi connectivity index (χ2n) is 4.62. The Morgan fingerprint density at radius 3 is 2.65 bits per heavy atom. The Morgan fingerprint density at radius 1 is 1.25 bits per heavy atom. The van der Waals surface area contributed by atoms with E-state index in [9.17, 15) is 0 Å². The van der Waals surface area contributed by atoms with Gasteiger partial charge in [0.2, 0.25) is 5.88 Å². The van der Waals surface area contributed by atoms with E-state index in [1.165, 1.54) is 24.6 Å². The molecule has 0 unspecified atom stereocenters. The lowest BCUT2D eigenvalue weighted by Crippen LogP contribution is -1.92. The van der Waals surface area contributed by atoms with Crippen LogP contribution in [0.25, 0.3) is 0 Å². The van der Waals surface area contributed by atoms with Crippen LogP contribution in [-0.4, -0.2) is 10.1 Å². The summed E-state index contributed by atoms with van der Waals surface area (Å²) in [5, 5.41) is 9.60. The first-order chi connectivity index (χ1) is 9.72. The number of hydrogen-bond acceptors (Lipinski definition) is 3. The molecule has 106 valence electrons. The SMILES string of the molecule is CCCCc1ccc(Oc2cc(CO)c(Cl)cn2)cc1. The van der Waals surface area contributed by atoms with Crippen molar-refractivity contribution in [1.29, 1.82) is 0 Å². The van der Waals surface area contributed by atoms with Gasteiger partial charge in [0.05, 0.1) is 11.6 Å². The van der Waals surface area contributed by atoms with Gasteiger partial charge in [0.25, 0.3) is 0 Å². The van der Waals surface area contributed by atoms with Crippen molar-refractivity contribution in [3.8, 4) is 11.6 Å². The average molecular weight is 292 g/mol. The molecule has 20 heavy (non-hydrogen) atoms. The maximum Gasteiger partial charge on any atom is 0.219 e. The number of ether oxygens (including phenoxy) is 1. The second-order valence-corrected chi connectivity index (χ2v) is 5.03. The monoisotopic (exact) mass is 291 g/mol. The number of rotatable bonds is 6. The summed E-state index contributed by atoms with van der Waals surface area (Å²) >= 11 is 5.89. The van der Waals surface area contributed by atoms with E-state index in [1.54, 1.807) is 6.07 Å². The molecule has 2 rings (SSSR count). The van der Waals surface area contributed by atoms with Crippen LogP contribution in [0.4, 0.5) is 0 Å². The molecule has 0 radical (unpaired) electrons. The van der Waals surface area contributed by atoms with E-state index in [4.69, 9.17) is 21.4 Å². The van der Waals surface area contributed by atoms with Gasteiger partial charge in [-0.25, -0.2) is 4.98 Å². The van der Waals surface area contributed by atoms with Crippen molar-refractivity contribution in [3.63, 3.8) is 0 Å². The summed E-state index contributed by atoms with van der Waals surface area (Å²) in [4.78, 5) is 4.09. The molecule has 3 nitrogen and oxygen atoms in total. The third-order valence-electron chi connectivity index (χ3n) is 3.04. The van der Waals surface area contributed by atoms with Crippen molar-refractivity contribution >= 4 is 11.6 Å². The third kappa shape index (κ3) is 3.95. The van der Waals surface area contributed by atoms with Gasteiger partial charge in [0.15, 0.2) is 0 Å². The number of pyridine rings is 1. The summed E-state index contributed by atoms with van der Waals surface area (Å²) < 4.78 is 5.65. The molecule has 1 N–H and O–H groups in total. The maximum atomic E-state index is 9.16. The van der Waals surface area contributed by atoms with E-state index < -0.39 is 0 Å². The molecule has 0 bridgehead atoms. The van der Waals surface area contributed by atoms with Gasteiger partial charge in [-0.3, -0.25) is 0 Å². The lowest BCUT2D eigenvalue weighted by Gasteiger charge is -2.08. The fourth-order valence-electron chi connectivity index (χ4n) is 1.86. The minimum Gasteiger partial charge on any atom is -0.439 e. The van der Waals surface area contributed by atoms with Gasteiger partial charge in [-0.2, -0.15) is 0 Å². The Morgan fingerprint density at radius 2 is 2.00 bits per heavy atom. The molecule has 0 aliphatic rings. The number of unbranched alkanes of at least 4 members (excludes halogenated alkanes) is 1. The molecule has 0 aliphatic carbocycles. The van der Waals surface area contributed by atoms with Gasteiger partial charge in [-0.05, 0) is 30.5 Å². The lowest BCUT2D eigenvalue weighted by molar-refractivity contribution is 0.281. The highest BCUT2D eigenvalue weighted by atomic mass is 35.5. The van der Waals surface area contributed by atoms with Gasteiger partial charge < -0.3 is 9.84 Å². The number of benzene rings is 1. The average Bonchev–Trinajstić information content (AvgIpc) is 2.48. The van der Waals surface area contributed by atoms with Gasteiger partial charge in [-0.1, -0.05) is 37.1 Å². The third-order valence-corrected chi connectivity index (χ3v) is 3.39. The molecular weight excluding hydrogens is 274 g/mol. The Hall–Kier alpha value is -1.58. The molecule has 1 aromatic heterocycles. The molecule has 0 spiro atoms. The largest absolute Gasteiger partial charge is 0.439 e. The minimum atomic E-state index is -0.131. The Balaban J connectivity index is 2.06. The van der Waals surface area contributed by atoms with E-state index in [2.05, 4.69) is 24.0 Å². The first kappa shape index (κ1) is 14.8. The van der Waals surface area contributed by atoms with Crippen LogP contribution in [0.15, 0.2) is 36.5 Å². The van der Waals surface area contributed by atoms with Crippen LogP contribution >= 0.6 is 11.6 Å². The summed E-state index contributed by atoms with van der Waals surface area (Å²) in [6, 6.07) is 9.63. The molecule has 0 atom stereocenters. The number of nitrogens with zero attached hydrogens (tertiary/aromatic N) is 1. The Labute approximate surface area is 124 Å². The summed E-state index contributed by atoms with van der Waals surface area (Å²) in [5.41, 5.74) is 1.91. The number of aliphatic hydroxyl groups excluding tert-OH is 1. The van der Waals surface area contributed by atoms with Crippen LogP contribution in [-0.2, 0) is 13.0 Å². The Bertz CT molecular complexity index is 555. The molecule has 0 aliphatic heterocycles. The van der Waals surface area contributed by atoms with Gasteiger partial charge in [-0.15, -0.1) is 0 Å². The summed E-state index contributed by atoms with van der Waals surface area (Å²) in [6.07, 6.45) is 4.96. The highest BCUT2D eigenvalue weighted by Crippen LogP contribution is 2.24. The smallest absolute Gasteiger partial charge is 0.219 e. The highest BCUT2D eigenvalue weighted by molar-refractivity contribution is 6.31. The highest BCUT2D eigenvalue weighted by Gasteiger charge is 2.04. The number of halogens is 1. The standard InChI is InChI=1S/C16H18ClNO2/c1-2-3-4-12-5-7-14(8-6-12)20-16-9-13(11-19)15(17)10-18-16/h5-10,19H,2-4,11H2,1H3. The lowest BCUT2D eigenvalue weighted by atomic mass is 10.1. The van der Waals surface area contributed by atoms with Crippen LogP contribution in [0.5, 0.6) is 11.6 Å². The zero-order valence-electron chi connectivity index (χ0n) is 11.5. The molecule has 0 fully saturated rings. The summed E-state index contributed by atoms with van der Waals surface area (Å²) in [7, 11) is 0. The number of aliphatic hydroxyl groups is 1. The normalized spacial score (nSPS) is 10.6. The molecule has 1 aromatic carbocycles. The van der Waals surface area contributed by atoms with Crippen molar-refractivity contribution in [2.45, 2.75) is 32.8 Å². The molecule has 2 aromatic rings. The minimum absolute atomic E-state index is 0.131. The van der Waals surface area contributed by atoms with E-state index in [0.29, 0.717) is 16.5 Å². The fraction of sp³-hybridized carbons (Fsp3) is 0.312. The molecular formula is C16H18ClNO2. The zero-order chi connectivity index (χ0) is 14.4. The second kappa shape index (κ2) is 7.27. The molecule has 1 heterocycles. The predicted octanol–water partition coefficient (Wildman–Crippen LogP) is 4.36. The van der Waals surface area contributed by atoms with E-state index in [1.807, 2.05) is 12.1 Å². The Kier molecular flexibility index (Phi) is 5.39. The molecule has 0 saturated heterocycles. The molecule has 0 saturated carbocycles. The van der Waals surface area contributed by atoms with Crippen LogP contribution in [0.2, 0.25) is 5.02 Å². The van der Waals surface area contributed by atoms with Crippen molar-refractivity contribution in [3.05, 3.63) is 52.7 Å². The van der Waals surface area contributed by atoms with E-state index in [0.717, 1.165) is 12.2 Å². The predicted molar refractivity (Wildman–Crippen MR) is 80.3 cm³/mol. The molecule has 0 amide bonds. The van der Waals surface area contributed by atoms with Gasteiger partial charge >= 0.3 is 0 Å². The summed E-state index contributed by atoms with van der Waals surface area (Å²) in [5.74, 6) is 1.16. The maximum absolute atomic E-state index is 9.16. The number of aromatic nitrogens is 1. The van der Waals surface area contributed by atoms with Crippen LogP contribution in [0, 0.1) is 0 Å². The summed E-state index contributed by atoms with van der Waals surface area (Å²) in [6.45, 7) is 2.05. The topological polar surface area (TPSA) is 42.4 Å². The van der Waals surface area contributed by atoms with E-state index in [-0.39, 0.29) is 6.61 Å². The van der Waals surface area contributed by atoms with Crippen molar-refractivity contribution in [1.82, 2.24) is 4.98 Å². The number of aryl methyl sites for hydroxylation is 1. The quantitative estimate of drug-likeness (QED) is 0.860. The van der Waals surface area contributed by atoms with Gasteiger partial charge in [0.1, 0.15) is 5.75 Å². The van der Waals surface area contributed by atoms with E-state index >= 15 is 0 Å². The fourth-order valence-corrected chi connectivity index (χ4v) is 2.02. The van der Waals surface area contributed by atoms with Gasteiger partial charge in [0, 0.05) is 17.8 Å². The van der Waals surface area contributed by atoms with Crippen molar-refractivity contribution in [2.75, 3.05) is 0 Å². The van der Waals surface area contributed by atoms with Crippen LogP contribution < -0.4 is 4.74 Å². The first-order valence-electron chi connectivity index (χ1n) is 6.75. The molecule has 4 heteroatoms. The van der Waals surface area contributed by atoms with Crippen LogP contribution in [0.1, 0.15) is 30.9 Å². The van der Waals surface area contributed by atoms with Crippen molar-refractivity contribution < 1.29 is 9.84 Å². The van der Waals surface area contributed by atoms with Crippen molar-refractivity contribution in [2.24, 2.45) is 0 Å². The van der Waals surface area contributed by atoms with Crippen LogP contribution in [0.3, 0.4) is 0 Å².